The van der Waals surface area contributed by atoms with Crippen LogP contribution in [-0.4, -0.2) is 7.05 Å². The van der Waals surface area contributed by atoms with Crippen LogP contribution in [-0.2, 0) is 0 Å². The first-order valence-corrected chi connectivity index (χ1v) is 8.85. The molecule has 0 saturated heterocycles. The molecule has 0 aromatic carbocycles. The number of hydrogen-bond acceptors (Lipinski definition) is 2. The van der Waals surface area contributed by atoms with Crippen molar-refractivity contribution in [3.05, 3.63) is 21.9 Å². The van der Waals surface area contributed by atoms with E-state index >= 15 is 0 Å². The average molecular weight is 275 g/mol. The minimum absolute atomic E-state index is 0.611. The third-order valence-corrected chi connectivity index (χ3v) is 6.99. The highest BCUT2D eigenvalue weighted by atomic mass is 32.1. The lowest BCUT2D eigenvalue weighted by molar-refractivity contribution is -0.0515. The molecule has 1 nitrogen and oxygen atoms in total. The van der Waals surface area contributed by atoms with Crippen LogP contribution < -0.4 is 5.32 Å². The quantitative estimate of drug-likeness (QED) is 0.862. The first-order valence-electron chi connectivity index (χ1n) is 7.97. The molecule has 4 aliphatic rings. The van der Waals surface area contributed by atoms with Gasteiger partial charge in [-0.25, -0.2) is 0 Å². The first kappa shape index (κ1) is 12.4. The predicted molar refractivity (Wildman–Crippen MR) is 81.4 cm³/mol. The van der Waals surface area contributed by atoms with Gasteiger partial charge in [0, 0.05) is 10.9 Å². The van der Waals surface area contributed by atoms with Gasteiger partial charge in [-0.05, 0) is 92.7 Å². The molecule has 19 heavy (non-hydrogen) atoms. The van der Waals surface area contributed by atoms with Crippen LogP contribution in [0.3, 0.4) is 0 Å². The molecule has 4 fully saturated rings. The van der Waals surface area contributed by atoms with E-state index in [2.05, 4.69) is 30.7 Å². The van der Waals surface area contributed by atoms with E-state index in [0.29, 0.717) is 6.04 Å². The molecule has 1 heterocycles. The highest BCUT2D eigenvalue weighted by molar-refractivity contribution is 7.10. The highest BCUT2D eigenvalue weighted by Crippen LogP contribution is 2.59. The van der Waals surface area contributed by atoms with Crippen LogP contribution in [0.2, 0.25) is 0 Å². The Morgan fingerprint density at radius 1 is 1.11 bits per heavy atom. The number of rotatable bonds is 3. The van der Waals surface area contributed by atoms with Crippen LogP contribution in [0.1, 0.15) is 48.6 Å². The Morgan fingerprint density at radius 3 is 2.21 bits per heavy atom. The van der Waals surface area contributed by atoms with Gasteiger partial charge in [-0.2, -0.15) is 0 Å². The van der Waals surface area contributed by atoms with Crippen molar-refractivity contribution in [2.75, 3.05) is 7.05 Å². The summed E-state index contributed by atoms with van der Waals surface area (Å²) in [6.45, 7) is 2.23. The summed E-state index contributed by atoms with van der Waals surface area (Å²) in [5.41, 5.74) is 1.56. The Labute approximate surface area is 120 Å². The molecule has 0 aliphatic heterocycles. The van der Waals surface area contributed by atoms with Crippen LogP contribution in [0.5, 0.6) is 0 Å². The molecule has 0 amide bonds. The van der Waals surface area contributed by atoms with Gasteiger partial charge in [-0.3, -0.25) is 0 Å². The zero-order valence-electron chi connectivity index (χ0n) is 12.1. The van der Waals surface area contributed by atoms with Gasteiger partial charge in [0.15, 0.2) is 0 Å². The fraction of sp³-hybridized carbons (Fsp3) is 0.765. The normalized spacial score (nSPS) is 41.7. The third-order valence-electron chi connectivity index (χ3n) is 6.11. The maximum Gasteiger partial charge on any atom is 0.0359 e. The Kier molecular flexibility index (Phi) is 3.00. The van der Waals surface area contributed by atoms with E-state index in [9.17, 15) is 0 Å². The van der Waals surface area contributed by atoms with Crippen LogP contribution >= 0.6 is 11.3 Å². The van der Waals surface area contributed by atoms with Crippen molar-refractivity contribution in [3.63, 3.8) is 0 Å². The van der Waals surface area contributed by atoms with E-state index in [-0.39, 0.29) is 0 Å². The van der Waals surface area contributed by atoms with Crippen LogP contribution in [0, 0.1) is 36.5 Å². The molecule has 4 saturated carbocycles. The topological polar surface area (TPSA) is 12.0 Å². The minimum atomic E-state index is 0.611. The average Bonchev–Trinajstić information content (AvgIpc) is 2.79. The maximum absolute atomic E-state index is 3.67. The molecule has 104 valence electrons. The summed E-state index contributed by atoms with van der Waals surface area (Å²) in [5, 5.41) is 6.06. The number of thiophene rings is 1. The van der Waals surface area contributed by atoms with Crippen molar-refractivity contribution in [1.82, 2.24) is 5.32 Å². The SMILES string of the molecule is CNC(c1csc(C)c1)C1C2CC3CC(C2)CC1C3. The minimum Gasteiger partial charge on any atom is -0.313 e. The predicted octanol–water partition coefficient (Wildman–Crippen LogP) is 4.39. The van der Waals surface area contributed by atoms with E-state index in [1.54, 1.807) is 12.0 Å². The molecule has 1 aromatic heterocycles. The molecule has 4 bridgehead atoms. The smallest absolute Gasteiger partial charge is 0.0359 e. The summed E-state index contributed by atoms with van der Waals surface area (Å²) in [5.74, 6) is 5.09. The van der Waals surface area contributed by atoms with Crippen LogP contribution in [0.25, 0.3) is 0 Å². The van der Waals surface area contributed by atoms with Gasteiger partial charge < -0.3 is 5.32 Å². The van der Waals surface area contributed by atoms with Gasteiger partial charge in [0.25, 0.3) is 0 Å². The molecule has 1 N–H and O–H groups in total. The van der Waals surface area contributed by atoms with Crippen molar-refractivity contribution in [1.29, 1.82) is 0 Å². The number of aryl methyl sites for hydroxylation is 1. The van der Waals surface area contributed by atoms with Crippen LogP contribution in [0.4, 0.5) is 0 Å². The van der Waals surface area contributed by atoms with Crippen molar-refractivity contribution in [2.45, 2.75) is 45.1 Å². The molecule has 0 spiro atoms. The van der Waals surface area contributed by atoms with Crippen LogP contribution in [0.15, 0.2) is 11.4 Å². The number of nitrogens with one attached hydrogen (secondary N) is 1. The van der Waals surface area contributed by atoms with Gasteiger partial charge >= 0.3 is 0 Å². The third kappa shape index (κ3) is 1.99. The largest absolute Gasteiger partial charge is 0.313 e. The van der Waals surface area contributed by atoms with Crippen molar-refractivity contribution in [2.24, 2.45) is 29.6 Å². The molecule has 1 atom stereocenters. The Balaban J connectivity index is 1.63. The fourth-order valence-electron chi connectivity index (χ4n) is 5.72. The summed E-state index contributed by atoms with van der Waals surface area (Å²) in [4.78, 5) is 1.46. The second-order valence-corrected chi connectivity index (χ2v) is 8.38. The second kappa shape index (κ2) is 4.60. The molecule has 5 rings (SSSR count). The van der Waals surface area contributed by atoms with Gasteiger partial charge in [0.2, 0.25) is 0 Å². The van der Waals surface area contributed by atoms with Crippen molar-refractivity contribution >= 4 is 11.3 Å². The zero-order chi connectivity index (χ0) is 13.0. The van der Waals surface area contributed by atoms with Gasteiger partial charge in [-0.15, -0.1) is 11.3 Å². The summed E-state index contributed by atoms with van der Waals surface area (Å²) in [6, 6.07) is 3.02. The Bertz CT molecular complexity index is 436. The zero-order valence-corrected chi connectivity index (χ0v) is 12.9. The summed E-state index contributed by atoms with van der Waals surface area (Å²) in [7, 11) is 2.17. The summed E-state index contributed by atoms with van der Waals surface area (Å²) < 4.78 is 0. The van der Waals surface area contributed by atoms with Gasteiger partial charge in [0.1, 0.15) is 0 Å². The molecule has 2 heteroatoms. The van der Waals surface area contributed by atoms with Crippen molar-refractivity contribution < 1.29 is 0 Å². The van der Waals surface area contributed by atoms with E-state index in [1.165, 1.54) is 30.6 Å². The maximum atomic E-state index is 3.67. The van der Waals surface area contributed by atoms with E-state index in [0.717, 1.165) is 29.6 Å². The molecule has 0 radical (unpaired) electrons. The summed E-state index contributed by atoms with van der Waals surface area (Å²) >= 11 is 1.91. The monoisotopic (exact) mass is 275 g/mol. The van der Waals surface area contributed by atoms with Gasteiger partial charge in [0.05, 0.1) is 0 Å². The lowest BCUT2D eigenvalue weighted by Gasteiger charge is -2.56. The van der Waals surface area contributed by atoms with E-state index < -0.39 is 0 Å². The lowest BCUT2D eigenvalue weighted by Crippen LogP contribution is -2.49. The van der Waals surface area contributed by atoms with Crippen molar-refractivity contribution in [3.8, 4) is 0 Å². The van der Waals surface area contributed by atoms with E-state index in [1.807, 2.05) is 11.3 Å². The Morgan fingerprint density at radius 2 is 1.74 bits per heavy atom. The highest BCUT2D eigenvalue weighted by Gasteiger charge is 2.50. The molecular weight excluding hydrogens is 250 g/mol. The molecule has 1 aromatic rings. The first-order chi connectivity index (χ1) is 9.24. The standard InChI is InChI=1S/C17H25NS/c1-10-3-15(9-19-10)17(18-2)16-13-5-11-4-12(7-13)8-14(16)6-11/h3,9,11-14,16-18H,4-8H2,1-2H3. The molecular formula is C17H25NS. The lowest BCUT2D eigenvalue weighted by atomic mass is 9.50. The summed E-state index contributed by atoms with van der Waals surface area (Å²) in [6.07, 6.45) is 7.66. The fourth-order valence-corrected chi connectivity index (χ4v) is 6.46. The molecule has 1 unspecified atom stereocenters. The number of hydrogen-bond donors (Lipinski definition) is 1. The second-order valence-electron chi connectivity index (χ2n) is 7.27. The molecule has 4 aliphatic carbocycles. The Hall–Kier alpha value is -0.340. The van der Waals surface area contributed by atoms with Gasteiger partial charge in [-0.1, -0.05) is 0 Å². The van der Waals surface area contributed by atoms with E-state index in [4.69, 9.17) is 0 Å².